The molecule has 23 heteroatoms. The van der Waals surface area contributed by atoms with Crippen molar-refractivity contribution in [2.24, 2.45) is 0 Å². The van der Waals surface area contributed by atoms with Gasteiger partial charge < -0.3 is 39.5 Å². The highest BCUT2D eigenvalue weighted by Gasteiger charge is 2.65. The zero-order valence-electron chi connectivity index (χ0n) is 21.3. The molecule has 1 aliphatic heterocycles. The summed E-state index contributed by atoms with van der Waals surface area (Å²) in [5, 5.41) is 27.7. The Morgan fingerprint density at radius 3 is 2.37 bits per heavy atom. The second-order valence-electron chi connectivity index (χ2n) is 9.62. The third kappa shape index (κ3) is 7.83. The number of nitrogens with one attached hydrogen (secondary N) is 1. The topological polar surface area (TPSA) is 196 Å². The lowest BCUT2D eigenvalue weighted by atomic mass is 10.1. The van der Waals surface area contributed by atoms with Gasteiger partial charge in [-0.2, -0.15) is 5.10 Å². The van der Waals surface area contributed by atoms with E-state index in [1.807, 2.05) is 0 Å². The number of aliphatic hydroxyl groups is 2. The summed E-state index contributed by atoms with van der Waals surface area (Å²) in [6, 6.07) is 0.453. The van der Waals surface area contributed by atoms with Crippen molar-refractivity contribution in [3.63, 3.8) is 0 Å². The molecule has 3 aromatic rings. The van der Waals surface area contributed by atoms with Crippen LogP contribution in [0.2, 0.25) is 5.15 Å². The zero-order valence-corrected chi connectivity index (χ0v) is 24.7. The van der Waals surface area contributed by atoms with Crippen LogP contribution in [0, 0.1) is 5.82 Å². The van der Waals surface area contributed by atoms with E-state index in [4.69, 9.17) is 26.1 Å². The lowest BCUT2D eigenvalue weighted by Crippen LogP contribution is -2.33. The number of pyridine rings is 1. The Labute approximate surface area is 242 Å². The van der Waals surface area contributed by atoms with Crippen molar-refractivity contribution in [1.29, 1.82) is 0 Å². The lowest BCUT2D eigenvalue weighted by Gasteiger charge is -2.40. The van der Waals surface area contributed by atoms with Gasteiger partial charge in [0.25, 0.3) is 0 Å². The van der Waals surface area contributed by atoms with Gasteiger partial charge in [-0.05, 0) is 25.1 Å². The fourth-order valence-corrected chi connectivity index (χ4v) is 7.65. The Kier molecular flexibility index (Phi) is 8.33. The van der Waals surface area contributed by atoms with E-state index >= 15 is 0 Å². The van der Waals surface area contributed by atoms with Crippen LogP contribution in [0.4, 0.5) is 29.5 Å². The molecule has 0 amide bonds. The van der Waals surface area contributed by atoms with Gasteiger partial charge >= 0.3 is 25.4 Å². The van der Waals surface area contributed by atoms with Crippen molar-refractivity contribution in [3.8, 4) is 0 Å². The van der Waals surface area contributed by atoms with Gasteiger partial charge in [0, 0.05) is 5.56 Å². The first-order valence-corrected chi connectivity index (χ1v) is 17.6. The van der Waals surface area contributed by atoms with Gasteiger partial charge in [0.1, 0.15) is 34.2 Å². The number of nitrogens with zero attached hydrogens (tertiary/aromatic N) is 3. The van der Waals surface area contributed by atoms with Gasteiger partial charge in [0.05, 0.1) is 29.9 Å². The highest BCUT2D eigenvalue weighted by Crippen LogP contribution is 3.02. The fraction of sp³-hybridized carbons (Fsp3) is 0.400. The Hall–Kier alpha value is -1.96. The van der Waals surface area contributed by atoms with Crippen LogP contribution in [-0.4, -0.2) is 70.5 Å². The van der Waals surface area contributed by atoms with Crippen LogP contribution < -0.4 is 5.32 Å². The fourth-order valence-electron chi connectivity index (χ4n) is 4.24. The summed E-state index contributed by atoms with van der Waals surface area (Å²) in [4.78, 5) is 29.1. The molecule has 13 nitrogen and oxygen atoms in total. The van der Waals surface area contributed by atoms with E-state index in [0.29, 0.717) is 6.07 Å². The van der Waals surface area contributed by atoms with Gasteiger partial charge in [0.15, 0.2) is 17.8 Å². The van der Waals surface area contributed by atoms with E-state index in [1.54, 1.807) is 0 Å². The smallest absolute Gasteiger partial charge is 0.340 e. The highest BCUT2D eigenvalue weighted by atomic mass is 35.5. The van der Waals surface area contributed by atoms with Crippen LogP contribution in [0.1, 0.15) is 24.8 Å². The van der Waals surface area contributed by atoms with E-state index in [9.17, 15) is 48.1 Å². The number of hydrogen-bond donors (Lipinski definition) is 6. The Morgan fingerprint density at radius 2 is 1.79 bits per heavy atom. The van der Waals surface area contributed by atoms with Crippen LogP contribution in [0.5, 0.6) is 0 Å². The van der Waals surface area contributed by atoms with Crippen molar-refractivity contribution in [2.75, 3.05) is 17.8 Å². The van der Waals surface area contributed by atoms with Crippen LogP contribution in [0.25, 0.3) is 11.0 Å². The molecule has 0 bridgehead atoms. The molecule has 1 aliphatic rings. The maximum Gasteiger partial charge on any atom is 0.340 e. The predicted octanol–water partition coefficient (Wildman–Crippen LogP) is 5.01. The van der Waals surface area contributed by atoms with E-state index in [1.165, 1.54) is 19.2 Å². The van der Waals surface area contributed by atoms with Gasteiger partial charge in [-0.25, -0.2) is 14.1 Å². The van der Waals surface area contributed by atoms with Crippen molar-refractivity contribution < 1.29 is 67.1 Å². The molecular formula is C20H23ClF6N4O9P2S. The minimum atomic E-state index is -10.1. The molecule has 6 atom stereocenters. The third-order valence-corrected chi connectivity index (χ3v) is 11.0. The number of aliphatic hydroxyl groups excluding tert-OH is 2. The molecule has 6 N–H and O–H groups in total. The molecule has 1 fully saturated rings. The van der Waals surface area contributed by atoms with Crippen LogP contribution in [0.15, 0.2) is 35.4 Å². The highest BCUT2D eigenvalue weighted by molar-refractivity contribution is 8.45. The monoisotopic (exact) mass is 706 g/mol. The van der Waals surface area contributed by atoms with E-state index in [-0.39, 0.29) is 34.0 Å². The van der Waals surface area contributed by atoms with Crippen molar-refractivity contribution in [2.45, 2.75) is 42.4 Å². The van der Waals surface area contributed by atoms with Crippen LogP contribution >= 0.6 is 37.0 Å². The maximum atomic E-state index is 14.5. The molecule has 0 radical (unpaired) electrons. The number of aromatic nitrogens is 3. The summed E-state index contributed by atoms with van der Waals surface area (Å²) < 4.78 is 114. The molecule has 1 saturated heterocycles. The normalized spacial score (nSPS) is 25.2. The number of halogens is 7. The van der Waals surface area contributed by atoms with Gasteiger partial charge in [-0.1, -0.05) is 37.1 Å². The molecule has 4 rings (SSSR count). The first-order valence-electron chi connectivity index (χ1n) is 11.7. The Balaban J connectivity index is 1.57. The second-order valence-corrected chi connectivity index (χ2v) is 16.4. The first-order chi connectivity index (χ1) is 19.3. The molecule has 0 spiro atoms. The summed E-state index contributed by atoms with van der Waals surface area (Å²) in [6.07, 6.45) is -5.29. The van der Waals surface area contributed by atoms with Crippen LogP contribution in [-0.2, 0) is 18.4 Å². The number of benzene rings is 1. The van der Waals surface area contributed by atoms with Crippen molar-refractivity contribution >= 4 is 53.7 Å². The second kappa shape index (κ2) is 10.6. The number of hydrogen-bond acceptors (Lipinski definition) is 9. The van der Waals surface area contributed by atoms with Crippen LogP contribution in [0.3, 0.4) is 0 Å². The SMILES string of the molecule is C[C@@H](Nc1cc(Cl)nc2c1cnn2C1OC(COP(=O)(O)CP(=O)(O)O)C(O)C1O)c1ccc(S(F)(F)(F)(F)F)cc1F. The standard InChI is InChI=1S/C20H23ClF6N4O9P2S/c1-9(11-3-2-10(4-13(11)22)43(23,24,25,26)27)29-14-5-16(21)30-19-12(14)6-28-31(19)20-18(33)17(32)15(40-20)7-39-42(37,38)8-41(34,35)36/h2-6,9,15,17-18,20,32-33H,7-8H2,1H3,(H,29,30)(H,37,38)(H2,34,35,36)/t9-,15?,17?,18?,20?/m1/s1. The predicted molar refractivity (Wildman–Crippen MR) is 141 cm³/mol. The molecule has 43 heavy (non-hydrogen) atoms. The average molecular weight is 707 g/mol. The molecule has 3 heterocycles. The average Bonchev–Trinajstić information content (AvgIpc) is 3.35. The summed E-state index contributed by atoms with van der Waals surface area (Å²) in [5.41, 5.74) is -0.401. The number of rotatable bonds is 10. The number of ether oxygens (including phenoxy) is 1. The van der Waals surface area contributed by atoms with E-state index < -0.39 is 84.8 Å². The molecule has 242 valence electrons. The van der Waals surface area contributed by atoms with E-state index in [2.05, 4.69) is 19.9 Å². The van der Waals surface area contributed by atoms with Gasteiger partial charge in [-0.15, -0.1) is 0 Å². The Bertz CT molecular complexity index is 1660. The number of fused-ring (bicyclic) bond motifs is 1. The van der Waals surface area contributed by atoms with E-state index in [0.717, 1.165) is 4.68 Å². The summed E-state index contributed by atoms with van der Waals surface area (Å²) >= 11 is 6.10. The third-order valence-electron chi connectivity index (χ3n) is 6.17. The molecular weight excluding hydrogens is 684 g/mol. The largest absolute Gasteiger partial charge is 0.387 e. The summed E-state index contributed by atoms with van der Waals surface area (Å²) in [6.45, 7) is 0.450. The molecule has 1 aromatic carbocycles. The summed E-state index contributed by atoms with van der Waals surface area (Å²) in [7, 11) is -19.9. The minimum Gasteiger partial charge on any atom is -0.387 e. The first kappa shape index (κ1) is 33.9. The molecule has 5 unspecified atom stereocenters. The number of anilines is 1. The molecule has 2 aromatic heterocycles. The Morgan fingerprint density at radius 1 is 1.14 bits per heavy atom. The van der Waals surface area contributed by atoms with Gasteiger partial charge in [-0.3, -0.25) is 9.13 Å². The quantitative estimate of drug-likeness (QED) is 0.0938. The summed E-state index contributed by atoms with van der Waals surface area (Å²) in [5.74, 6) is -3.06. The zero-order chi connectivity index (χ0) is 32.4. The van der Waals surface area contributed by atoms with Crippen molar-refractivity contribution in [1.82, 2.24) is 14.8 Å². The van der Waals surface area contributed by atoms with Crippen molar-refractivity contribution in [3.05, 3.63) is 47.0 Å². The minimum absolute atomic E-state index is 0.0669. The molecule has 0 saturated carbocycles. The lowest BCUT2D eigenvalue weighted by molar-refractivity contribution is -0.0541. The maximum absolute atomic E-state index is 14.5. The molecule has 0 aliphatic carbocycles. The van der Waals surface area contributed by atoms with Gasteiger partial charge in [0.2, 0.25) is 0 Å².